The number of aromatic nitrogens is 16. The van der Waals surface area contributed by atoms with Crippen molar-refractivity contribution < 1.29 is 78.2 Å². The fourth-order valence-electron chi connectivity index (χ4n) is 18.4. The topological polar surface area (TPSA) is 413 Å². The average molecular weight is 2040 g/mol. The van der Waals surface area contributed by atoms with Gasteiger partial charge in [0.05, 0.1) is 76.1 Å². The number of carbonyl (C=O) groups is 8. The van der Waals surface area contributed by atoms with Crippen LogP contribution in [0.2, 0.25) is 0 Å². The van der Waals surface area contributed by atoms with Crippen molar-refractivity contribution in [3.05, 3.63) is 192 Å². The summed E-state index contributed by atoms with van der Waals surface area (Å²) in [5.74, 6) is -1.66. The van der Waals surface area contributed by atoms with E-state index in [9.17, 15) is 73.5 Å². The predicted molar refractivity (Wildman–Crippen MR) is 520 cm³/mol. The number of amides is 4. The molecule has 3 saturated carbocycles. The number of ether oxygens (including phenoxy) is 1. The number of fused-ring (bicyclic) bond motifs is 4. The van der Waals surface area contributed by atoms with Crippen molar-refractivity contribution in [2.45, 2.75) is 182 Å². The largest absolute Gasteiger partial charge is 0.497 e. The maximum atomic E-state index is 13.7. The normalized spacial score (nSPS) is 18.3. The molecule has 4 N–H and O–H groups in total. The fourth-order valence-corrected chi connectivity index (χ4v) is 21.7. The van der Waals surface area contributed by atoms with Gasteiger partial charge in [-0.1, -0.05) is 31.4 Å². The van der Waals surface area contributed by atoms with Crippen LogP contribution in [0.4, 0.5) is 58.9 Å². The van der Waals surface area contributed by atoms with Crippen molar-refractivity contribution in [1.29, 1.82) is 0 Å². The van der Waals surface area contributed by atoms with E-state index < -0.39 is 58.3 Å². The van der Waals surface area contributed by atoms with Crippen LogP contribution in [0.15, 0.2) is 98.1 Å². The molecule has 20 rings (SSSR count). The number of carbonyl (C=O) groups excluding carboxylic acids is 8. The number of alkyl halides is 4. The van der Waals surface area contributed by atoms with Crippen LogP contribution in [-0.2, 0) is 14.4 Å². The number of Topliss-reactive ketones (excluding diaryl/α,β-unsaturated/α-hetero) is 4. The molecule has 12 aromatic heterocycles. The lowest BCUT2D eigenvalue weighted by Crippen LogP contribution is -2.52. The standard InChI is InChI=1S/C26H25FN6O3S.C25H29FN6O2S.C24H26F2N6O2S.C23H22F4N6O2S/c1-14(18-8-19(27)11-28-10-18)29-26-31-22(23-24(32-26)30-15(2)37-23)25(35)33-12-16(13-33)7-21(34)17-5-4-6-20(9-17)36-3;1-14(18-9-19(26)11-27-10-18)28-25-30-21(22-23(31-25)29-15(2)35-22)24(34)32-12-16(13-32)8-20(33)17-6-4-3-5-7-17;1-12(15-5-17(25)9-27-8-15)28-23-30-19(20-21(31-23)29-13(2)35-20)22(34)32-10-14(11-32)4-18(33)16-6-24(3,26)7-16;1-11(14-6-15(24)8-28-7-14)29-21-31-17(18-19(32-21)30-12(2)36-18)20(35)33-9-13(10-33)5-16(34)22(3-4-22)23(25,26)27/h4-6,8-11,14,16H,7,12-13H2,1-3H3,(H,29,31,32);9-11,14,16-17H,3-8,12-13H2,1-2H3,(H,28,30,31);5,8-9,12,14,16H,4,6-7,10-11H2,1-3H3,(H,28,30,31);6-8,11,13H,3-5,9-10H2,1-2H3,(H,29,31,32). The van der Waals surface area contributed by atoms with Gasteiger partial charge in [0.2, 0.25) is 23.8 Å². The zero-order chi connectivity index (χ0) is 101. The second-order valence-corrected chi connectivity index (χ2v) is 42.7. The Bertz CT molecular complexity index is 7030. The number of thiazole rings is 4. The molecule has 45 heteroatoms. The number of hydrogen-bond donors (Lipinski definition) is 4. The van der Waals surface area contributed by atoms with E-state index in [2.05, 4.69) is 101 Å². The Balaban J connectivity index is 0.000000131. The third-order valence-electron chi connectivity index (χ3n) is 26.5. The number of likely N-dealkylation sites (tertiary alicyclic amines) is 4. The molecule has 748 valence electrons. The Morgan fingerprint density at radius 1 is 0.420 bits per heavy atom. The van der Waals surface area contributed by atoms with Gasteiger partial charge >= 0.3 is 6.18 Å². The summed E-state index contributed by atoms with van der Waals surface area (Å²) in [6.45, 7) is 19.4. The van der Waals surface area contributed by atoms with Gasteiger partial charge in [-0.3, -0.25) is 58.3 Å². The van der Waals surface area contributed by atoms with E-state index in [0.29, 0.717) is 163 Å². The van der Waals surface area contributed by atoms with Crippen molar-refractivity contribution >= 4 is 157 Å². The Labute approximate surface area is 831 Å². The fraction of sp³-hybridized carbons (Fsp3) is 0.449. The van der Waals surface area contributed by atoms with Crippen LogP contribution in [0.25, 0.3) is 41.4 Å². The molecule has 7 aliphatic rings. The minimum Gasteiger partial charge on any atom is -0.497 e. The number of benzene rings is 1. The number of rotatable bonds is 29. The molecular weight excluding hydrogens is 1940 g/mol. The minimum absolute atomic E-state index is 0.0193. The maximum absolute atomic E-state index is 13.7. The molecule has 3 aliphatic carbocycles. The third kappa shape index (κ3) is 23.5. The van der Waals surface area contributed by atoms with Gasteiger partial charge < -0.3 is 45.6 Å². The SMILES string of the molecule is COc1cccc(C(=O)CC2CN(C(=O)c3nc(NC(C)c4cncc(F)c4)nc4nc(C)sc34)C2)c1.Cc1nc2nc(NC(C)c3cncc(F)c3)nc(C(=O)N3CC(CC(=O)C4(C(F)(F)F)CC4)C3)c2s1.Cc1nc2nc(NC(C)c3cncc(F)c3)nc(C(=O)N3CC(CC(=O)C4CC(C)(F)C4)C3)c2s1.Cc1nc2nc(NC(C)c3cncc(F)c3)nc(C(=O)N3CC(CC(=O)C4CCCCC4)C3)c2s1. The summed E-state index contributed by atoms with van der Waals surface area (Å²) in [6.07, 6.45) is 13.1. The smallest absolute Gasteiger partial charge is 0.401 e. The van der Waals surface area contributed by atoms with Crippen molar-refractivity contribution in [3.8, 4) is 5.75 Å². The first-order valence-electron chi connectivity index (χ1n) is 47.0. The molecule has 4 aliphatic heterocycles. The zero-order valence-electron chi connectivity index (χ0n) is 79.6. The second-order valence-electron chi connectivity index (χ2n) is 37.9. The van der Waals surface area contributed by atoms with Gasteiger partial charge in [-0.05, 0) is 159 Å². The lowest BCUT2D eigenvalue weighted by molar-refractivity contribution is -0.192. The molecule has 1 aromatic carbocycles. The molecule has 4 atom stereocenters. The first-order chi connectivity index (χ1) is 68.2. The van der Waals surface area contributed by atoms with Gasteiger partial charge in [0, 0.05) is 144 Å². The van der Waals surface area contributed by atoms with E-state index in [0.717, 1.165) is 65.5 Å². The molecular formula is C98H102F8N24O9S4. The Hall–Kier alpha value is -13.3. The molecule has 13 aromatic rings. The molecule has 4 amide bonds. The van der Waals surface area contributed by atoms with E-state index in [1.807, 2.05) is 41.5 Å². The third-order valence-corrected chi connectivity index (χ3v) is 30.4. The predicted octanol–water partition coefficient (Wildman–Crippen LogP) is 17.9. The summed E-state index contributed by atoms with van der Waals surface area (Å²) in [5, 5.41) is 15.4. The van der Waals surface area contributed by atoms with Crippen LogP contribution in [0.3, 0.4) is 0 Å². The summed E-state index contributed by atoms with van der Waals surface area (Å²) in [7, 11) is 1.56. The molecule has 4 saturated heterocycles. The van der Waals surface area contributed by atoms with Crippen LogP contribution in [-0.4, -0.2) is 217 Å². The van der Waals surface area contributed by atoms with Gasteiger partial charge in [-0.15, -0.1) is 45.3 Å². The first-order valence-corrected chi connectivity index (χ1v) is 50.3. The van der Waals surface area contributed by atoms with Gasteiger partial charge in [0.15, 0.2) is 51.1 Å². The summed E-state index contributed by atoms with van der Waals surface area (Å²) < 4.78 is 115. The molecule has 33 nitrogen and oxygen atoms in total. The quantitative estimate of drug-likeness (QED) is 0.0250. The van der Waals surface area contributed by atoms with Crippen LogP contribution < -0.4 is 26.0 Å². The summed E-state index contributed by atoms with van der Waals surface area (Å²) >= 11 is 5.36. The lowest BCUT2D eigenvalue weighted by atomic mass is 9.70. The average Bonchev–Trinajstić information content (AvgIpc) is 1.58. The van der Waals surface area contributed by atoms with Crippen molar-refractivity contribution in [2.75, 3.05) is 80.7 Å². The number of methoxy groups -OCH3 is 1. The number of aryl methyl sites for hydroxylation is 4. The second kappa shape index (κ2) is 42.3. The molecule has 16 heterocycles. The summed E-state index contributed by atoms with van der Waals surface area (Å²) in [6, 6.07) is 11.1. The Morgan fingerprint density at radius 3 is 1.02 bits per heavy atom. The maximum Gasteiger partial charge on any atom is 0.401 e. The van der Waals surface area contributed by atoms with Crippen LogP contribution in [0.5, 0.6) is 5.75 Å². The van der Waals surface area contributed by atoms with Crippen molar-refractivity contribution in [3.63, 3.8) is 0 Å². The van der Waals surface area contributed by atoms with E-state index in [-0.39, 0.29) is 156 Å². The van der Waals surface area contributed by atoms with E-state index >= 15 is 0 Å². The highest BCUT2D eigenvalue weighted by Gasteiger charge is 2.68. The minimum atomic E-state index is -4.53. The summed E-state index contributed by atoms with van der Waals surface area (Å²) in [5.41, 5.74) is 2.22. The Morgan fingerprint density at radius 2 is 0.727 bits per heavy atom. The van der Waals surface area contributed by atoms with E-state index in [4.69, 9.17) is 4.74 Å². The highest BCUT2D eigenvalue weighted by molar-refractivity contribution is 7.20. The highest BCUT2D eigenvalue weighted by Crippen LogP contribution is 2.59. The summed E-state index contributed by atoms with van der Waals surface area (Å²) in [4.78, 5) is 179. The van der Waals surface area contributed by atoms with Gasteiger partial charge in [-0.2, -0.15) is 33.1 Å². The lowest BCUT2D eigenvalue weighted by Gasteiger charge is -2.42. The van der Waals surface area contributed by atoms with Gasteiger partial charge in [-0.25, -0.2) is 61.8 Å². The number of halogens is 8. The number of pyridine rings is 4. The van der Waals surface area contributed by atoms with Crippen molar-refractivity contribution in [2.24, 2.45) is 40.9 Å². The monoisotopic (exact) mass is 2040 g/mol. The molecule has 143 heavy (non-hydrogen) atoms. The van der Waals surface area contributed by atoms with E-state index in [1.54, 1.807) is 78.5 Å². The molecule has 7 fully saturated rings. The number of nitrogens with one attached hydrogen (secondary N) is 4. The first kappa shape index (κ1) is 101. The zero-order valence-corrected chi connectivity index (χ0v) is 82.9. The highest BCUT2D eigenvalue weighted by atomic mass is 32.1. The van der Waals surface area contributed by atoms with E-state index in [1.165, 1.54) is 94.1 Å². The number of nitrogens with zero attached hydrogens (tertiary/aromatic N) is 20. The number of anilines is 4. The van der Waals surface area contributed by atoms with Crippen LogP contribution in [0.1, 0.15) is 237 Å². The van der Waals surface area contributed by atoms with Gasteiger partial charge in [0.1, 0.15) is 76.3 Å². The van der Waals surface area contributed by atoms with Crippen LogP contribution >= 0.6 is 45.3 Å². The number of hydrogen-bond acceptors (Lipinski definition) is 33. The van der Waals surface area contributed by atoms with Crippen molar-refractivity contribution in [1.82, 2.24) is 99.3 Å². The van der Waals surface area contributed by atoms with Gasteiger partial charge in [0.25, 0.3) is 23.6 Å². The number of ketones is 4. The van der Waals surface area contributed by atoms with Crippen LogP contribution in [0, 0.1) is 91.9 Å². The molecule has 0 spiro atoms. The molecule has 4 unspecified atom stereocenters. The Kier molecular flexibility index (Phi) is 29.9. The molecule has 0 radical (unpaired) electrons. The molecule has 0 bridgehead atoms.